The minimum absolute atomic E-state index is 0.241. The summed E-state index contributed by atoms with van der Waals surface area (Å²) in [6, 6.07) is 5.87. The Morgan fingerprint density at radius 2 is 2.21 bits per heavy atom. The second kappa shape index (κ2) is 6.08. The van der Waals surface area contributed by atoms with Gasteiger partial charge in [-0.2, -0.15) is 0 Å². The lowest BCUT2D eigenvalue weighted by atomic mass is 10.2. The molecule has 0 amide bonds. The Bertz CT molecular complexity index is 554. The summed E-state index contributed by atoms with van der Waals surface area (Å²) < 4.78 is 30.7. The lowest BCUT2D eigenvalue weighted by molar-refractivity contribution is 0.0182. The van der Waals surface area contributed by atoms with Gasteiger partial charge in [-0.1, -0.05) is 6.07 Å². The topological polar surface area (TPSA) is 53.1 Å². The van der Waals surface area contributed by atoms with Crippen molar-refractivity contribution >= 4 is 11.0 Å². The van der Waals surface area contributed by atoms with Crippen LogP contribution in [0.1, 0.15) is 11.4 Å². The number of aryl methyl sites for hydroxylation is 1. The Kier molecular flexibility index (Phi) is 4.44. The Hall–Kier alpha value is -1.53. The monoisotopic (exact) mass is 269 g/mol. The molecule has 0 spiro atoms. The van der Waals surface area contributed by atoms with Crippen LogP contribution in [0.2, 0.25) is 0 Å². The predicted octanol–water partition coefficient (Wildman–Crippen LogP) is 1.86. The number of halogens is 2. The fraction of sp³-hybridized carbons (Fsp3) is 0.462. The number of fused-ring (bicyclic) bond motifs is 1. The highest BCUT2D eigenvalue weighted by Gasteiger charge is 2.09. The minimum Gasteiger partial charge on any atom is -0.375 e. The van der Waals surface area contributed by atoms with Crippen LogP contribution in [0.25, 0.3) is 11.0 Å². The second-order valence-electron chi connectivity index (χ2n) is 4.33. The number of nitrogens with zero attached hydrogens (tertiary/aromatic N) is 2. The minimum atomic E-state index is -2.42. The third-order valence-corrected chi connectivity index (χ3v) is 2.99. The van der Waals surface area contributed by atoms with Gasteiger partial charge in [-0.15, -0.1) is 0 Å². The van der Waals surface area contributed by atoms with Gasteiger partial charge in [-0.3, -0.25) is 0 Å². The molecule has 0 saturated heterocycles. The zero-order chi connectivity index (χ0) is 13.8. The van der Waals surface area contributed by atoms with E-state index in [1.54, 1.807) is 0 Å². The zero-order valence-corrected chi connectivity index (χ0v) is 10.8. The van der Waals surface area contributed by atoms with Crippen LogP contribution < -0.4 is 5.73 Å². The van der Waals surface area contributed by atoms with Crippen LogP contribution in [0.3, 0.4) is 0 Å². The number of imidazole rings is 1. The maximum Gasteiger partial charge on any atom is 0.261 e. The second-order valence-corrected chi connectivity index (χ2v) is 4.33. The number of alkyl halides is 2. The molecule has 1 aromatic heterocycles. The molecule has 0 aliphatic heterocycles. The Balaban J connectivity index is 2.09. The summed E-state index contributed by atoms with van der Waals surface area (Å²) in [5.41, 5.74) is 8.48. The van der Waals surface area contributed by atoms with Crippen LogP contribution in [-0.4, -0.2) is 29.2 Å². The molecule has 2 N–H and O–H groups in total. The van der Waals surface area contributed by atoms with Crippen LogP contribution >= 0.6 is 0 Å². The summed E-state index contributed by atoms with van der Waals surface area (Å²) in [5.74, 6) is 0.818. The molecule has 19 heavy (non-hydrogen) atoms. The van der Waals surface area contributed by atoms with Gasteiger partial charge in [0.25, 0.3) is 6.43 Å². The molecule has 0 aliphatic carbocycles. The first-order valence-electron chi connectivity index (χ1n) is 6.12. The maximum absolute atomic E-state index is 11.9. The molecule has 0 aliphatic rings. The molecular weight excluding hydrogens is 252 g/mol. The van der Waals surface area contributed by atoms with Crippen molar-refractivity contribution in [1.29, 1.82) is 0 Å². The Morgan fingerprint density at radius 1 is 1.42 bits per heavy atom. The molecule has 0 atom stereocenters. The highest BCUT2D eigenvalue weighted by atomic mass is 19.3. The Labute approximate surface area is 110 Å². The highest BCUT2D eigenvalue weighted by Crippen LogP contribution is 2.17. The van der Waals surface area contributed by atoms with Gasteiger partial charge in [-0.25, -0.2) is 13.8 Å². The van der Waals surface area contributed by atoms with E-state index in [0.717, 1.165) is 22.4 Å². The van der Waals surface area contributed by atoms with Gasteiger partial charge >= 0.3 is 0 Å². The lowest BCUT2D eigenvalue weighted by Gasteiger charge is -2.04. The molecule has 0 unspecified atom stereocenters. The molecule has 0 saturated carbocycles. The summed E-state index contributed by atoms with van der Waals surface area (Å²) in [6.07, 6.45) is -1.91. The molecule has 4 nitrogen and oxygen atoms in total. The molecular formula is C13H17F2N3O. The summed E-state index contributed by atoms with van der Waals surface area (Å²) >= 11 is 0. The van der Waals surface area contributed by atoms with Crippen molar-refractivity contribution in [3.05, 3.63) is 29.6 Å². The van der Waals surface area contributed by atoms with Crippen molar-refractivity contribution in [2.24, 2.45) is 12.8 Å². The number of nitrogens with two attached hydrogens (primary N) is 1. The van der Waals surface area contributed by atoms with Gasteiger partial charge < -0.3 is 15.0 Å². The van der Waals surface area contributed by atoms with Crippen LogP contribution in [-0.2, 0) is 24.8 Å². The molecule has 1 aromatic carbocycles. The molecule has 6 heteroatoms. The maximum atomic E-state index is 11.9. The van der Waals surface area contributed by atoms with E-state index in [0.29, 0.717) is 13.0 Å². The van der Waals surface area contributed by atoms with Crippen molar-refractivity contribution in [2.75, 3.05) is 13.2 Å². The molecule has 104 valence electrons. The summed E-state index contributed by atoms with van der Waals surface area (Å²) in [7, 11) is 1.90. The standard InChI is InChI=1S/C13H17F2N3O/c1-18-11-3-2-9(7-16)6-10(11)17-13(18)4-5-19-8-12(14)15/h2-3,6,12H,4-5,7-8,16H2,1H3. The van der Waals surface area contributed by atoms with Crippen molar-refractivity contribution in [3.63, 3.8) is 0 Å². The lowest BCUT2D eigenvalue weighted by Crippen LogP contribution is -2.09. The van der Waals surface area contributed by atoms with E-state index in [9.17, 15) is 8.78 Å². The third-order valence-electron chi connectivity index (χ3n) is 2.99. The molecule has 1 heterocycles. The first-order chi connectivity index (χ1) is 9.11. The first-order valence-corrected chi connectivity index (χ1v) is 6.12. The molecule has 0 radical (unpaired) electrons. The quantitative estimate of drug-likeness (QED) is 0.814. The van der Waals surface area contributed by atoms with Gasteiger partial charge in [0.15, 0.2) is 0 Å². The molecule has 0 fully saturated rings. The predicted molar refractivity (Wildman–Crippen MR) is 69.1 cm³/mol. The molecule has 2 aromatic rings. The normalized spacial score (nSPS) is 11.6. The average molecular weight is 269 g/mol. The van der Waals surface area contributed by atoms with Gasteiger partial charge in [0.2, 0.25) is 0 Å². The van der Waals surface area contributed by atoms with Gasteiger partial charge in [0.05, 0.1) is 17.6 Å². The van der Waals surface area contributed by atoms with E-state index in [1.165, 1.54) is 0 Å². The fourth-order valence-electron chi connectivity index (χ4n) is 1.98. The van der Waals surface area contributed by atoms with E-state index in [4.69, 9.17) is 10.5 Å². The average Bonchev–Trinajstić information content (AvgIpc) is 2.71. The molecule has 2 rings (SSSR count). The number of benzene rings is 1. The van der Waals surface area contributed by atoms with Crippen LogP contribution in [0, 0.1) is 0 Å². The van der Waals surface area contributed by atoms with E-state index < -0.39 is 13.0 Å². The number of aromatic nitrogens is 2. The van der Waals surface area contributed by atoms with Gasteiger partial charge in [0, 0.05) is 20.0 Å². The largest absolute Gasteiger partial charge is 0.375 e. The van der Waals surface area contributed by atoms with Crippen LogP contribution in [0.4, 0.5) is 8.78 Å². The zero-order valence-electron chi connectivity index (χ0n) is 10.8. The first kappa shape index (κ1) is 13.9. The Morgan fingerprint density at radius 3 is 2.89 bits per heavy atom. The number of hydrogen-bond donors (Lipinski definition) is 1. The number of hydrogen-bond acceptors (Lipinski definition) is 3. The molecule has 0 bridgehead atoms. The third kappa shape index (κ3) is 3.27. The summed E-state index contributed by atoms with van der Waals surface area (Å²) in [5, 5.41) is 0. The van der Waals surface area contributed by atoms with Gasteiger partial charge in [-0.05, 0) is 17.7 Å². The van der Waals surface area contributed by atoms with Crippen molar-refractivity contribution < 1.29 is 13.5 Å². The van der Waals surface area contributed by atoms with Crippen molar-refractivity contribution in [2.45, 2.75) is 19.4 Å². The van der Waals surface area contributed by atoms with E-state index in [-0.39, 0.29) is 6.61 Å². The van der Waals surface area contributed by atoms with Gasteiger partial charge in [0.1, 0.15) is 12.4 Å². The van der Waals surface area contributed by atoms with Crippen molar-refractivity contribution in [3.8, 4) is 0 Å². The summed E-state index contributed by atoms with van der Waals surface area (Å²) in [6.45, 7) is 0.186. The summed E-state index contributed by atoms with van der Waals surface area (Å²) in [4.78, 5) is 4.48. The van der Waals surface area contributed by atoms with E-state index in [2.05, 4.69) is 4.98 Å². The smallest absolute Gasteiger partial charge is 0.261 e. The fourth-order valence-corrected chi connectivity index (χ4v) is 1.98. The van der Waals surface area contributed by atoms with E-state index >= 15 is 0 Å². The highest BCUT2D eigenvalue weighted by molar-refractivity contribution is 5.76. The van der Waals surface area contributed by atoms with E-state index in [1.807, 2.05) is 29.8 Å². The van der Waals surface area contributed by atoms with Crippen LogP contribution in [0.15, 0.2) is 18.2 Å². The number of ether oxygens (including phenoxy) is 1. The van der Waals surface area contributed by atoms with Crippen LogP contribution in [0.5, 0.6) is 0 Å². The van der Waals surface area contributed by atoms with Crippen molar-refractivity contribution in [1.82, 2.24) is 9.55 Å². The number of rotatable bonds is 6. The SMILES string of the molecule is Cn1c(CCOCC(F)F)nc2cc(CN)ccc21.